The fourth-order valence-electron chi connectivity index (χ4n) is 14.4. The van der Waals surface area contributed by atoms with E-state index in [-0.39, 0.29) is 106 Å². The summed E-state index contributed by atoms with van der Waals surface area (Å²) >= 11 is 7.26. The summed E-state index contributed by atoms with van der Waals surface area (Å²) in [5.41, 5.74) is 21.4. The Morgan fingerprint density at radius 1 is 0.265 bits per heavy atom. The van der Waals surface area contributed by atoms with E-state index in [1.165, 1.54) is 120 Å². The Labute approximate surface area is 765 Å². The van der Waals surface area contributed by atoms with Crippen molar-refractivity contribution in [2.45, 2.75) is 40.0 Å². The average Bonchev–Trinajstić information content (AvgIpc) is 1.59. The molecule has 117 heavy (non-hydrogen) atoms. The third-order valence-electron chi connectivity index (χ3n) is 20.0. The van der Waals surface area contributed by atoms with Crippen LogP contribution < -0.4 is 0 Å². The molecule has 6 nitrogen and oxygen atoms in total. The first kappa shape index (κ1) is 86.8. The van der Waals surface area contributed by atoms with Gasteiger partial charge in [0.05, 0.1) is 0 Å². The Morgan fingerprint density at radius 2 is 0.701 bits per heavy atom. The van der Waals surface area contributed by atoms with E-state index in [2.05, 4.69) is 289 Å². The predicted octanol–water partition coefficient (Wildman–Crippen LogP) is 28.0. The molecule has 5 radical (unpaired) electrons. The molecule has 0 saturated carbocycles. The van der Waals surface area contributed by atoms with Crippen molar-refractivity contribution in [1.82, 2.24) is 29.9 Å². The molecule has 0 aliphatic heterocycles. The third-order valence-corrected chi connectivity index (χ3v) is 24.6. The zero-order valence-corrected chi connectivity index (χ0v) is 79.0. The van der Waals surface area contributed by atoms with Crippen LogP contribution in [0.4, 0.5) is 0 Å². The van der Waals surface area contributed by atoms with Gasteiger partial charge in [0.1, 0.15) is 0 Å². The zero-order valence-electron chi connectivity index (χ0n) is 63.7. The number of fused-ring (bicyclic) bond motifs is 15. The first-order chi connectivity index (χ1) is 55.0. The maximum absolute atomic E-state index is 4.54. The molecule has 0 saturated heterocycles. The van der Waals surface area contributed by atoms with Gasteiger partial charge in [0.15, 0.2) is 0 Å². The van der Waals surface area contributed by atoms with E-state index in [1.807, 2.05) is 186 Å². The summed E-state index contributed by atoms with van der Waals surface area (Å²) in [6.07, 6.45) is 11.0. The number of aryl methyl sites for hydroxylation is 3. The molecule has 10 heterocycles. The third kappa shape index (κ3) is 19.0. The van der Waals surface area contributed by atoms with Crippen LogP contribution in [-0.2, 0) is 106 Å². The van der Waals surface area contributed by atoms with Gasteiger partial charge in [-0.2, -0.15) is 45.3 Å². The molecule has 11 aromatic carbocycles. The van der Waals surface area contributed by atoms with Crippen molar-refractivity contribution in [3.05, 3.63) is 399 Å². The van der Waals surface area contributed by atoms with Crippen molar-refractivity contribution >= 4 is 126 Å². The molecule has 0 spiro atoms. The van der Waals surface area contributed by atoms with Gasteiger partial charge in [0.2, 0.25) is 0 Å². The molecule has 0 bridgehead atoms. The molecule has 0 fully saturated rings. The molecule has 1 aliphatic rings. The Hall–Kier alpha value is -9.55. The van der Waals surface area contributed by atoms with Gasteiger partial charge in [-0.25, -0.2) is 0 Å². The number of pyridine rings is 6. The van der Waals surface area contributed by atoms with Gasteiger partial charge < -0.3 is 29.9 Å². The van der Waals surface area contributed by atoms with Crippen molar-refractivity contribution in [3.63, 3.8) is 0 Å². The second-order valence-electron chi connectivity index (χ2n) is 27.7. The van der Waals surface area contributed by atoms with Crippen LogP contribution in [0.1, 0.15) is 41.7 Å². The monoisotopic (exact) mass is 2470 g/mol. The van der Waals surface area contributed by atoms with E-state index >= 15 is 0 Å². The molecule has 0 amide bonds. The summed E-state index contributed by atoms with van der Waals surface area (Å²) in [5.74, 6) is 0. The van der Waals surface area contributed by atoms with Crippen LogP contribution in [0.25, 0.3) is 159 Å². The van der Waals surface area contributed by atoms with Gasteiger partial charge >= 0.3 is 0 Å². The Balaban J connectivity index is 0.000000129. The normalized spacial score (nSPS) is 11.2. The maximum atomic E-state index is 4.54. The minimum atomic E-state index is 0. The summed E-state index contributed by atoms with van der Waals surface area (Å²) in [4.78, 5) is 26.6. The van der Waals surface area contributed by atoms with Gasteiger partial charge in [0, 0.05) is 157 Å². The second-order valence-corrected chi connectivity index (χ2v) is 32.0. The average molecular weight is 2470 g/mol. The van der Waals surface area contributed by atoms with Gasteiger partial charge in [0.25, 0.3) is 0 Å². The molecular formula is C102H70Ir5N6S4-6. The number of benzene rings is 11. The first-order valence-corrected chi connectivity index (χ1v) is 40.3. The minimum Gasteiger partial charge on any atom is -0.305 e. The Bertz CT molecular complexity index is 6870. The number of rotatable bonds is 6. The van der Waals surface area contributed by atoms with Crippen LogP contribution in [0.2, 0.25) is 0 Å². The van der Waals surface area contributed by atoms with Crippen molar-refractivity contribution in [2.75, 3.05) is 0 Å². The van der Waals surface area contributed by atoms with Gasteiger partial charge in [-0.1, -0.05) is 215 Å². The molecule has 21 aromatic rings. The van der Waals surface area contributed by atoms with Crippen molar-refractivity contribution < 1.29 is 101 Å². The molecule has 15 heteroatoms. The molecule has 0 N–H and O–H groups in total. The van der Waals surface area contributed by atoms with Crippen LogP contribution in [0.15, 0.2) is 334 Å². The number of thiophene rings is 4. The topological polar surface area (TPSA) is 77.3 Å². The van der Waals surface area contributed by atoms with E-state index in [0.29, 0.717) is 0 Å². The van der Waals surface area contributed by atoms with Crippen LogP contribution in [-0.4, -0.2) is 29.9 Å². The van der Waals surface area contributed by atoms with Crippen molar-refractivity contribution in [3.8, 4) is 78.7 Å². The summed E-state index contributed by atoms with van der Waals surface area (Å²) < 4.78 is 10.4. The van der Waals surface area contributed by atoms with Crippen LogP contribution in [0.5, 0.6) is 0 Å². The zero-order chi connectivity index (χ0) is 75.9. The summed E-state index contributed by atoms with van der Waals surface area (Å²) in [6.45, 7) is 10.9. The number of aromatic nitrogens is 6. The second kappa shape index (κ2) is 39.8. The quantitative estimate of drug-likeness (QED) is 0.154. The Morgan fingerprint density at radius 3 is 1.22 bits per heavy atom. The van der Waals surface area contributed by atoms with Gasteiger partial charge in [-0.15, -0.1) is 160 Å². The fourth-order valence-corrected chi connectivity index (χ4v) is 19.0. The van der Waals surface area contributed by atoms with Crippen molar-refractivity contribution in [2.24, 2.45) is 0 Å². The Kier molecular flexibility index (Phi) is 29.5. The summed E-state index contributed by atoms with van der Waals surface area (Å²) in [5, 5.41) is 10.4. The van der Waals surface area contributed by atoms with Gasteiger partial charge in [-0.05, 0) is 167 Å². The van der Waals surface area contributed by atoms with Gasteiger partial charge in [-0.3, -0.25) is 0 Å². The summed E-state index contributed by atoms with van der Waals surface area (Å²) in [6, 6.07) is 122. The SMILES string of the molecule is Cc1cccnc1-c1[c-]cc2c(c1)C(C)(C)c1ccccc1-2.Cc1ccnc(-c2[c-]cc3sc4ccccc4c3c2)c1.Cc1ccnc(-c2[c-]ccc3c2sc2ccccc23)c1.[Ir].[Ir].[Ir].[Ir].[Ir].[c-]1cc2sc3ccccc3c2cc1-c1ccccn1.[c-]1ccc2c(sc3ccccc32)c1-c1ccccn1.[c-]1ccccc1-c1ccccn1. The summed E-state index contributed by atoms with van der Waals surface area (Å²) in [7, 11) is 0. The van der Waals surface area contributed by atoms with E-state index in [1.54, 1.807) is 6.20 Å². The largest absolute Gasteiger partial charge is 0.305 e. The van der Waals surface area contributed by atoms with E-state index in [4.69, 9.17) is 0 Å². The number of hydrogen-bond acceptors (Lipinski definition) is 10. The molecule has 583 valence electrons. The smallest absolute Gasteiger partial charge is 0.0239 e. The van der Waals surface area contributed by atoms with Crippen LogP contribution >= 0.6 is 45.3 Å². The minimum absolute atomic E-state index is 0. The molecule has 0 unspecified atom stereocenters. The first-order valence-electron chi connectivity index (χ1n) is 37.0. The molecule has 0 atom stereocenters. The molecular weight excluding hydrogens is 2400 g/mol. The van der Waals surface area contributed by atoms with Crippen LogP contribution in [0, 0.1) is 57.2 Å². The van der Waals surface area contributed by atoms with E-state index < -0.39 is 0 Å². The molecule has 1 aliphatic carbocycles. The fraction of sp³-hybridized carbons (Fsp3) is 0.0588. The van der Waals surface area contributed by atoms with E-state index in [9.17, 15) is 0 Å². The van der Waals surface area contributed by atoms with Crippen LogP contribution in [0.3, 0.4) is 0 Å². The molecule has 10 aromatic heterocycles. The predicted molar refractivity (Wildman–Crippen MR) is 474 cm³/mol. The van der Waals surface area contributed by atoms with Crippen molar-refractivity contribution in [1.29, 1.82) is 0 Å². The number of nitrogens with zero attached hydrogens (tertiary/aromatic N) is 6. The molecule has 22 rings (SSSR count). The maximum Gasteiger partial charge on any atom is 0.0239 e. The standard InChI is InChI=1S/C21H18N.2C18H12NS.2C17H10NS.C11H8N.5Ir/c1-14-7-6-12-22-20(14)15-10-11-17-16-8-4-5-9-18(16)21(2,3)19(17)13-15;1-12-9-10-19-16(11-12)15-7-4-6-14-13-5-2-3-8-17(13)20-18(14)15;1-12-8-9-19-16(10-12)13-6-7-18-15(11-13)14-4-2-3-5-17(14)20-18;1-2-10-16-12(6-1)13-7-5-8-14(17(13)19-16)15-9-3-4-11-18-15;1-2-7-16-13(5-1)14-11-12(8-9-17(14)19-16)15-6-3-4-10-18-15;1-2-6-10(7-3-1)11-8-4-5-9-12-11;;;;;/h4-9,11-13H,1-3H3;2-6,8-11H,1H3;2-5,7-11H,1H3;2*1-7,9-11H;1-6,8-9H;;;;;/q6*-1;;;;;. The number of hydrogen-bond donors (Lipinski definition) is 0. The van der Waals surface area contributed by atoms with E-state index in [0.717, 1.165) is 67.5 Å².